The second-order valence-electron chi connectivity index (χ2n) is 6.35. The molecular formula is C21H17F3N6O. The topological polar surface area (TPSA) is 104 Å². The van der Waals surface area contributed by atoms with E-state index in [9.17, 15) is 18.0 Å². The van der Waals surface area contributed by atoms with E-state index in [0.717, 1.165) is 5.56 Å². The summed E-state index contributed by atoms with van der Waals surface area (Å²) in [6.07, 6.45) is -1.23. The quantitative estimate of drug-likeness (QED) is 0.496. The highest BCUT2D eigenvalue weighted by molar-refractivity contribution is 6.07. The fraction of sp³-hybridized carbons (Fsp3) is 0.0952. The lowest BCUT2D eigenvalue weighted by Crippen LogP contribution is -2.21. The standard InChI is InChI=1S/C21H17F3N6O/c22-21(23,24)17(12-16(25)15-7-4-10-26-13-15)27-18-8-9-19(30-29-18)28-20(31)11-14-5-2-1-3-6-14/h1-10,12-13,25H,11H2,(H,27,29)(H,28,30,31)/b17-12-,25-16?. The van der Waals surface area contributed by atoms with Crippen LogP contribution in [0.15, 0.2) is 78.8 Å². The first-order valence-corrected chi connectivity index (χ1v) is 9.03. The number of carbonyl (C=O) groups is 1. The zero-order valence-corrected chi connectivity index (χ0v) is 16.0. The lowest BCUT2D eigenvalue weighted by atomic mass is 10.1. The third-order valence-electron chi connectivity index (χ3n) is 3.97. The number of pyridine rings is 1. The van der Waals surface area contributed by atoms with Gasteiger partial charge in [0.25, 0.3) is 0 Å². The van der Waals surface area contributed by atoms with Gasteiger partial charge in [-0.1, -0.05) is 30.3 Å². The minimum Gasteiger partial charge on any atom is -0.335 e. The van der Waals surface area contributed by atoms with Crippen molar-refractivity contribution >= 4 is 23.3 Å². The predicted molar refractivity (Wildman–Crippen MR) is 110 cm³/mol. The minimum absolute atomic E-state index is 0.104. The number of nitrogens with zero attached hydrogens (tertiary/aromatic N) is 3. The molecule has 0 aliphatic carbocycles. The Bertz CT molecular complexity index is 1070. The zero-order chi connectivity index (χ0) is 22.3. The van der Waals surface area contributed by atoms with Crippen molar-refractivity contribution in [2.45, 2.75) is 12.6 Å². The van der Waals surface area contributed by atoms with E-state index in [1.54, 1.807) is 12.1 Å². The molecule has 0 fully saturated rings. The highest BCUT2D eigenvalue weighted by atomic mass is 19.4. The fourth-order valence-corrected chi connectivity index (χ4v) is 2.51. The molecule has 0 atom stereocenters. The molecule has 10 heteroatoms. The molecule has 0 saturated carbocycles. The first kappa shape index (κ1) is 21.6. The summed E-state index contributed by atoms with van der Waals surface area (Å²) in [5.74, 6) is -0.419. The molecule has 0 aliphatic rings. The Kier molecular flexibility index (Phi) is 6.71. The number of halogens is 3. The van der Waals surface area contributed by atoms with Crippen LogP contribution < -0.4 is 10.6 Å². The van der Waals surface area contributed by atoms with Gasteiger partial charge in [0.05, 0.1) is 12.1 Å². The van der Waals surface area contributed by atoms with E-state index in [2.05, 4.69) is 25.8 Å². The normalized spacial score (nSPS) is 11.6. The van der Waals surface area contributed by atoms with E-state index in [4.69, 9.17) is 5.41 Å². The molecule has 158 valence electrons. The molecule has 0 bridgehead atoms. The molecule has 3 rings (SSSR count). The SMILES string of the molecule is N=C(/C=C(\Nc1ccc(NC(=O)Cc2ccccc2)nn1)C(F)(F)F)c1cccnc1. The van der Waals surface area contributed by atoms with E-state index >= 15 is 0 Å². The second kappa shape index (κ2) is 9.61. The molecule has 0 radical (unpaired) electrons. The molecule has 3 N–H and O–H groups in total. The number of allylic oxidation sites excluding steroid dienone is 2. The van der Waals surface area contributed by atoms with Crippen LogP contribution in [0.4, 0.5) is 24.8 Å². The lowest BCUT2D eigenvalue weighted by Gasteiger charge is -2.14. The molecule has 1 amide bonds. The first-order chi connectivity index (χ1) is 14.8. The Balaban J connectivity index is 1.68. The van der Waals surface area contributed by atoms with Crippen LogP contribution in [-0.2, 0) is 11.2 Å². The highest BCUT2D eigenvalue weighted by Crippen LogP contribution is 2.27. The average Bonchev–Trinajstić information content (AvgIpc) is 2.75. The molecule has 0 saturated heterocycles. The predicted octanol–water partition coefficient (Wildman–Crippen LogP) is 3.98. The molecule has 0 unspecified atom stereocenters. The Hall–Kier alpha value is -4.08. The van der Waals surface area contributed by atoms with E-state index in [1.807, 2.05) is 18.2 Å². The van der Waals surface area contributed by atoms with Crippen LogP contribution in [0.5, 0.6) is 0 Å². The fourth-order valence-electron chi connectivity index (χ4n) is 2.51. The van der Waals surface area contributed by atoms with Gasteiger partial charge in [0, 0.05) is 18.0 Å². The van der Waals surface area contributed by atoms with Crippen molar-refractivity contribution in [2.75, 3.05) is 10.6 Å². The van der Waals surface area contributed by atoms with Crippen LogP contribution in [0, 0.1) is 5.41 Å². The van der Waals surface area contributed by atoms with Crippen LogP contribution >= 0.6 is 0 Å². The van der Waals surface area contributed by atoms with Gasteiger partial charge >= 0.3 is 6.18 Å². The Morgan fingerprint density at radius 3 is 2.23 bits per heavy atom. The van der Waals surface area contributed by atoms with Crippen molar-refractivity contribution in [1.82, 2.24) is 15.2 Å². The number of hydrogen-bond acceptors (Lipinski definition) is 6. The molecule has 1 aromatic carbocycles. The van der Waals surface area contributed by atoms with Gasteiger partial charge < -0.3 is 16.0 Å². The molecule has 2 heterocycles. The van der Waals surface area contributed by atoms with E-state index in [-0.39, 0.29) is 35.2 Å². The van der Waals surface area contributed by atoms with Crippen molar-refractivity contribution in [3.63, 3.8) is 0 Å². The van der Waals surface area contributed by atoms with Gasteiger partial charge in [0.2, 0.25) is 5.91 Å². The molecule has 0 spiro atoms. The number of amides is 1. The number of benzene rings is 1. The maximum Gasteiger partial charge on any atom is 0.431 e. The van der Waals surface area contributed by atoms with Crippen molar-refractivity contribution < 1.29 is 18.0 Å². The highest BCUT2D eigenvalue weighted by Gasteiger charge is 2.34. The number of hydrogen-bond donors (Lipinski definition) is 3. The number of aromatic nitrogens is 3. The van der Waals surface area contributed by atoms with Crippen molar-refractivity contribution in [3.05, 3.63) is 89.9 Å². The van der Waals surface area contributed by atoms with Crippen molar-refractivity contribution in [2.24, 2.45) is 0 Å². The number of alkyl halides is 3. The molecule has 0 aliphatic heterocycles. The molecule has 2 aromatic heterocycles. The largest absolute Gasteiger partial charge is 0.431 e. The Morgan fingerprint density at radius 1 is 0.968 bits per heavy atom. The van der Waals surface area contributed by atoms with E-state index < -0.39 is 11.9 Å². The summed E-state index contributed by atoms with van der Waals surface area (Å²) in [5.41, 5.74) is -0.516. The summed E-state index contributed by atoms with van der Waals surface area (Å²) in [5, 5.41) is 19.9. The van der Waals surface area contributed by atoms with Gasteiger partial charge in [-0.3, -0.25) is 9.78 Å². The van der Waals surface area contributed by atoms with Gasteiger partial charge in [-0.05, 0) is 35.9 Å². The summed E-state index contributed by atoms with van der Waals surface area (Å²) < 4.78 is 40.2. The van der Waals surface area contributed by atoms with Crippen LogP contribution in [0.3, 0.4) is 0 Å². The summed E-state index contributed by atoms with van der Waals surface area (Å²) in [6, 6.07) is 14.6. The van der Waals surface area contributed by atoms with Gasteiger partial charge in [0.15, 0.2) is 11.6 Å². The third kappa shape index (κ3) is 6.46. The third-order valence-corrected chi connectivity index (χ3v) is 3.97. The minimum atomic E-state index is -4.75. The van der Waals surface area contributed by atoms with E-state index in [1.165, 1.54) is 36.7 Å². The number of anilines is 2. The molecule has 3 aromatic rings. The number of rotatable bonds is 7. The molecule has 31 heavy (non-hydrogen) atoms. The van der Waals surface area contributed by atoms with Gasteiger partial charge in [-0.25, -0.2) is 0 Å². The Morgan fingerprint density at radius 2 is 1.65 bits per heavy atom. The van der Waals surface area contributed by atoms with Gasteiger partial charge in [0.1, 0.15) is 5.70 Å². The summed E-state index contributed by atoms with van der Waals surface area (Å²) in [7, 11) is 0. The maximum atomic E-state index is 13.4. The summed E-state index contributed by atoms with van der Waals surface area (Å²) in [4.78, 5) is 15.8. The van der Waals surface area contributed by atoms with Crippen molar-refractivity contribution in [3.8, 4) is 0 Å². The molecular weight excluding hydrogens is 409 g/mol. The first-order valence-electron chi connectivity index (χ1n) is 9.03. The van der Waals surface area contributed by atoms with Crippen LogP contribution in [-0.4, -0.2) is 33.0 Å². The maximum absolute atomic E-state index is 13.4. The smallest absolute Gasteiger partial charge is 0.335 e. The van der Waals surface area contributed by atoms with Crippen molar-refractivity contribution in [1.29, 1.82) is 5.41 Å². The molecule has 7 nitrogen and oxygen atoms in total. The number of carbonyl (C=O) groups excluding carboxylic acids is 1. The summed E-state index contributed by atoms with van der Waals surface area (Å²) in [6.45, 7) is 0. The number of nitrogens with one attached hydrogen (secondary N) is 3. The van der Waals surface area contributed by atoms with Gasteiger partial charge in [-0.15, -0.1) is 10.2 Å². The average molecular weight is 426 g/mol. The Labute approximate surface area is 175 Å². The zero-order valence-electron chi connectivity index (χ0n) is 16.0. The van der Waals surface area contributed by atoms with Gasteiger partial charge in [-0.2, -0.15) is 13.2 Å². The van der Waals surface area contributed by atoms with E-state index in [0.29, 0.717) is 6.08 Å². The lowest BCUT2D eigenvalue weighted by molar-refractivity contribution is -0.115. The second-order valence-corrected chi connectivity index (χ2v) is 6.35. The van der Waals surface area contributed by atoms with Crippen LogP contribution in [0.25, 0.3) is 0 Å². The monoisotopic (exact) mass is 426 g/mol. The van der Waals surface area contributed by atoms with Crippen LogP contribution in [0.2, 0.25) is 0 Å². The van der Waals surface area contributed by atoms with Crippen LogP contribution in [0.1, 0.15) is 11.1 Å². The summed E-state index contributed by atoms with van der Waals surface area (Å²) >= 11 is 0.